The molecule has 0 amide bonds. The molecule has 1 aromatic rings. The molecule has 0 fully saturated rings. The molecular formula is C11H13N. The minimum absolute atomic E-state index is 1.14. The Balaban J connectivity index is 3.22. The van der Waals surface area contributed by atoms with E-state index in [0.29, 0.717) is 0 Å². The maximum Gasteiger partial charge on any atom is 0.0348 e. The number of pyridine rings is 1. The highest BCUT2D eigenvalue weighted by molar-refractivity contribution is 5.71. The van der Waals surface area contributed by atoms with E-state index in [9.17, 15) is 0 Å². The Kier molecular flexibility index (Phi) is 2.81. The summed E-state index contributed by atoms with van der Waals surface area (Å²) in [4.78, 5) is 4.07. The fourth-order valence-electron chi connectivity index (χ4n) is 1.07. The van der Waals surface area contributed by atoms with Crippen molar-refractivity contribution in [2.24, 2.45) is 0 Å². The van der Waals surface area contributed by atoms with Gasteiger partial charge in [0, 0.05) is 18.0 Å². The summed E-state index contributed by atoms with van der Waals surface area (Å²) >= 11 is 0. The molecule has 1 heteroatoms. The molecule has 1 rings (SSSR count). The lowest BCUT2D eigenvalue weighted by Gasteiger charge is -2.03. The standard InChI is InChI=1S/C11H13N/c1-4-9(3)11-8-12-7-6-10(11)5-2/h4-8H,2H2,1,3H3/b9-4-. The SMILES string of the molecule is C=Cc1ccncc1/C(C)=C\C. The Morgan fingerprint density at radius 1 is 1.58 bits per heavy atom. The van der Waals surface area contributed by atoms with Crippen LogP contribution in [0.15, 0.2) is 31.1 Å². The van der Waals surface area contributed by atoms with Gasteiger partial charge in [0.05, 0.1) is 0 Å². The van der Waals surface area contributed by atoms with Crippen LogP contribution in [0.1, 0.15) is 25.0 Å². The van der Waals surface area contributed by atoms with Crippen molar-refractivity contribution in [3.05, 3.63) is 42.2 Å². The van der Waals surface area contributed by atoms with Gasteiger partial charge in [0.1, 0.15) is 0 Å². The largest absolute Gasteiger partial charge is 0.264 e. The van der Waals surface area contributed by atoms with Crippen LogP contribution in [0, 0.1) is 0 Å². The van der Waals surface area contributed by atoms with Crippen molar-refractivity contribution in [1.29, 1.82) is 0 Å². The highest BCUT2D eigenvalue weighted by Gasteiger charge is 1.98. The molecule has 0 N–H and O–H groups in total. The minimum atomic E-state index is 1.14. The molecule has 1 aromatic heterocycles. The van der Waals surface area contributed by atoms with Crippen molar-refractivity contribution >= 4 is 11.6 Å². The molecule has 1 nitrogen and oxygen atoms in total. The van der Waals surface area contributed by atoms with Crippen LogP contribution in [-0.2, 0) is 0 Å². The Labute approximate surface area is 73.5 Å². The lowest BCUT2D eigenvalue weighted by molar-refractivity contribution is 1.29. The molecule has 62 valence electrons. The van der Waals surface area contributed by atoms with E-state index >= 15 is 0 Å². The minimum Gasteiger partial charge on any atom is -0.264 e. The van der Waals surface area contributed by atoms with Crippen LogP contribution in [0.2, 0.25) is 0 Å². The highest BCUT2D eigenvalue weighted by Crippen LogP contribution is 2.17. The van der Waals surface area contributed by atoms with Gasteiger partial charge in [-0.15, -0.1) is 0 Å². The molecule has 0 saturated heterocycles. The predicted octanol–water partition coefficient (Wildman–Crippen LogP) is 3.15. The van der Waals surface area contributed by atoms with Gasteiger partial charge in [-0.3, -0.25) is 4.98 Å². The van der Waals surface area contributed by atoms with E-state index < -0.39 is 0 Å². The average molecular weight is 159 g/mol. The summed E-state index contributed by atoms with van der Waals surface area (Å²) < 4.78 is 0. The molecule has 0 saturated carbocycles. The quantitative estimate of drug-likeness (QED) is 0.646. The average Bonchev–Trinajstić information content (AvgIpc) is 2.16. The first-order chi connectivity index (χ1) is 5.79. The normalized spacial score (nSPS) is 11.3. The van der Waals surface area contributed by atoms with Gasteiger partial charge in [0.2, 0.25) is 0 Å². The smallest absolute Gasteiger partial charge is 0.0348 e. The van der Waals surface area contributed by atoms with Crippen molar-refractivity contribution in [2.45, 2.75) is 13.8 Å². The van der Waals surface area contributed by atoms with E-state index in [1.807, 2.05) is 25.3 Å². The molecule has 0 aliphatic rings. The van der Waals surface area contributed by atoms with E-state index in [1.54, 1.807) is 6.20 Å². The van der Waals surface area contributed by atoms with Crippen LogP contribution in [-0.4, -0.2) is 4.98 Å². The van der Waals surface area contributed by atoms with Crippen LogP contribution in [0.5, 0.6) is 0 Å². The number of nitrogens with zero attached hydrogens (tertiary/aromatic N) is 1. The second-order valence-corrected chi connectivity index (χ2v) is 2.64. The first-order valence-electron chi connectivity index (χ1n) is 3.99. The molecule has 0 aliphatic carbocycles. The molecular weight excluding hydrogens is 146 g/mol. The van der Waals surface area contributed by atoms with Crippen molar-refractivity contribution in [1.82, 2.24) is 4.98 Å². The summed E-state index contributed by atoms with van der Waals surface area (Å²) in [6, 6.07) is 1.97. The zero-order chi connectivity index (χ0) is 8.97. The van der Waals surface area contributed by atoms with E-state index in [0.717, 1.165) is 11.1 Å². The molecule has 1 heterocycles. The number of aromatic nitrogens is 1. The molecule has 0 bridgehead atoms. The van der Waals surface area contributed by atoms with Gasteiger partial charge >= 0.3 is 0 Å². The summed E-state index contributed by atoms with van der Waals surface area (Å²) in [6.07, 6.45) is 7.57. The summed E-state index contributed by atoms with van der Waals surface area (Å²) in [5, 5.41) is 0. The van der Waals surface area contributed by atoms with Crippen molar-refractivity contribution in [3.63, 3.8) is 0 Å². The van der Waals surface area contributed by atoms with Crippen molar-refractivity contribution in [3.8, 4) is 0 Å². The second kappa shape index (κ2) is 3.86. The van der Waals surface area contributed by atoms with Gasteiger partial charge in [-0.1, -0.05) is 18.7 Å². The Hall–Kier alpha value is -1.37. The van der Waals surface area contributed by atoms with Crippen LogP contribution >= 0.6 is 0 Å². The fourth-order valence-corrected chi connectivity index (χ4v) is 1.07. The Morgan fingerprint density at radius 3 is 2.92 bits per heavy atom. The Bertz CT molecular complexity index is 311. The van der Waals surface area contributed by atoms with Gasteiger partial charge in [-0.2, -0.15) is 0 Å². The van der Waals surface area contributed by atoms with Gasteiger partial charge in [-0.05, 0) is 31.1 Å². The lowest BCUT2D eigenvalue weighted by Crippen LogP contribution is -1.86. The van der Waals surface area contributed by atoms with Crippen LogP contribution in [0.3, 0.4) is 0 Å². The number of hydrogen-bond acceptors (Lipinski definition) is 1. The van der Waals surface area contributed by atoms with Gasteiger partial charge in [0.25, 0.3) is 0 Å². The fraction of sp³-hybridized carbons (Fsp3) is 0.182. The Morgan fingerprint density at radius 2 is 2.33 bits per heavy atom. The zero-order valence-corrected chi connectivity index (χ0v) is 7.54. The summed E-state index contributed by atoms with van der Waals surface area (Å²) in [6.45, 7) is 7.85. The summed E-state index contributed by atoms with van der Waals surface area (Å²) in [5.74, 6) is 0. The summed E-state index contributed by atoms with van der Waals surface area (Å²) in [5.41, 5.74) is 3.54. The van der Waals surface area contributed by atoms with Gasteiger partial charge in [0.15, 0.2) is 0 Å². The molecule has 0 unspecified atom stereocenters. The van der Waals surface area contributed by atoms with E-state index in [1.165, 1.54) is 5.57 Å². The van der Waals surface area contributed by atoms with E-state index in [2.05, 4.69) is 24.6 Å². The molecule has 12 heavy (non-hydrogen) atoms. The third-order valence-electron chi connectivity index (χ3n) is 1.93. The second-order valence-electron chi connectivity index (χ2n) is 2.64. The number of allylic oxidation sites excluding steroid dienone is 2. The topological polar surface area (TPSA) is 12.9 Å². The van der Waals surface area contributed by atoms with Crippen LogP contribution in [0.25, 0.3) is 11.6 Å². The first kappa shape index (κ1) is 8.72. The van der Waals surface area contributed by atoms with E-state index in [4.69, 9.17) is 0 Å². The van der Waals surface area contributed by atoms with E-state index in [-0.39, 0.29) is 0 Å². The first-order valence-corrected chi connectivity index (χ1v) is 3.99. The zero-order valence-electron chi connectivity index (χ0n) is 7.54. The monoisotopic (exact) mass is 159 g/mol. The molecule has 0 radical (unpaired) electrons. The van der Waals surface area contributed by atoms with Crippen LogP contribution < -0.4 is 0 Å². The third-order valence-corrected chi connectivity index (χ3v) is 1.93. The van der Waals surface area contributed by atoms with Crippen molar-refractivity contribution in [2.75, 3.05) is 0 Å². The maximum atomic E-state index is 4.07. The summed E-state index contributed by atoms with van der Waals surface area (Å²) in [7, 11) is 0. The molecule has 0 aromatic carbocycles. The highest BCUT2D eigenvalue weighted by atomic mass is 14.6. The third kappa shape index (κ3) is 1.62. The molecule has 0 atom stereocenters. The van der Waals surface area contributed by atoms with Crippen molar-refractivity contribution < 1.29 is 0 Å². The number of hydrogen-bond donors (Lipinski definition) is 0. The predicted molar refractivity (Wildman–Crippen MR) is 53.7 cm³/mol. The van der Waals surface area contributed by atoms with Crippen LogP contribution in [0.4, 0.5) is 0 Å². The molecule has 0 spiro atoms. The molecule has 0 aliphatic heterocycles. The van der Waals surface area contributed by atoms with Gasteiger partial charge in [-0.25, -0.2) is 0 Å². The number of rotatable bonds is 2. The maximum absolute atomic E-state index is 4.07. The van der Waals surface area contributed by atoms with Gasteiger partial charge < -0.3 is 0 Å². The lowest BCUT2D eigenvalue weighted by atomic mass is 10.0.